The molecule has 0 aromatic heterocycles. The standard InChI is InChI=1S/C13H28N2O/c1-6-16-9-7-8-15-11-12(2,3)14-10-13(15,4)5/h14H,6-11H2,1-5H3. The molecule has 0 atom stereocenters. The van der Waals surface area contributed by atoms with Gasteiger partial charge in [-0.2, -0.15) is 0 Å². The van der Waals surface area contributed by atoms with Crippen LogP contribution in [0.5, 0.6) is 0 Å². The molecule has 1 heterocycles. The van der Waals surface area contributed by atoms with Gasteiger partial charge in [-0.25, -0.2) is 0 Å². The quantitative estimate of drug-likeness (QED) is 0.727. The molecule has 96 valence electrons. The summed E-state index contributed by atoms with van der Waals surface area (Å²) in [6.45, 7) is 16.3. The molecular weight excluding hydrogens is 200 g/mol. The minimum absolute atomic E-state index is 0.237. The van der Waals surface area contributed by atoms with Gasteiger partial charge >= 0.3 is 0 Å². The molecule has 1 fully saturated rings. The topological polar surface area (TPSA) is 24.5 Å². The van der Waals surface area contributed by atoms with Crippen molar-refractivity contribution < 1.29 is 4.74 Å². The summed E-state index contributed by atoms with van der Waals surface area (Å²) in [4.78, 5) is 2.59. The van der Waals surface area contributed by atoms with E-state index in [9.17, 15) is 0 Å². The Bertz CT molecular complexity index is 214. The SMILES string of the molecule is CCOCCCN1CC(C)(C)NCC1(C)C. The highest BCUT2D eigenvalue weighted by atomic mass is 16.5. The second kappa shape index (κ2) is 5.48. The van der Waals surface area contributed by atoms with E-state index < -0.39 is 0 Å². The Hall–Kier alpha value is -0.120. The van der Waals surface area contributed by atoms with Crippen LogP contribution in [0.2, 0.25) is 0 Å². The van der Waals surface area contributed by atoms with Gasteiger partial charge in [0.2, 0.25) is 0 Å². The molecule has 0 aromatic carbocycles. The maximum Gasteiger partial charge on any atom is 0.0478 e. The third kappa shape index (κ3) is 4.04. The number of hydrogen-bond donors (Lipinski definition) is 1. The lowest BCUT2D eigenvalue weighted by Gasteiger charge is -2.49. The van der Waals surface area contributed by atoms with E-state index in [1.165, 1.54) is 0 Å². The van der Waals surface area contributed by atoms with Crippen molar-refractivity contribution in [2.75, 3.05) is 32.8 Å². The van der Waals surface area contributed by atoms with Gasteiger partial charge in [-0.15, -0.1) is 0 Å². The number of rotatable bonds is 5. The van der Waals surface area contributed by atoms with Crippen molar-refractivity contribution in [3.8, 4) is 0 Å². The molecule has 1 saturated heterocycles. The zero-order valence-electron chi connectivity index (χ0n) is 11.6. The minimum atomic E-state index is 0.237. The molecule has 0 aliphatic carbocycles. The van der Waals surface area contributed by atoms with Crippen LogP contribution in [0.4, 0.5) is 0 Å². The second-order valence-electron chi connectivity index (χ2n) is 6.02. The molecule has 3 nitrogen and oxygen atoms in total. The van der Waals surface area contributed by atoms with Crippen molar-refractivity contribution in [3.05, 3.63) is 0 Å². The molecule has 0 bridgehead atoms. The molecule has 1 aliphatic rings. The third-order valence-corrected chi connectivity index (χ3v) is 3.36. The lowest BCUT2D eigenvalue weighted by Crippen LogP contribution is -2.66. The molecule has 0 spiro atoms. The first-order chi connectivity index (χ1) is 7.37. The number of piperazine rings is 1. The predicted octanol–water partition coefficient (Wildman–Crippen LogP) is 1.88. The summed E-state index contributed by atoms with van der Waals surface area (Å²) < 4.78 is 5.40. The van der Waals surface area contributed by atoms with Crippen LogP contribution in [0.3, 0.4) is 0 Å². The van der Waals surface area contributed by atoms with Crippen LogP contribution in [0.25, 0.3) is 0 Å². The van der Waals surface area contributed by atoms with Crippen LogP contribution in [0, 0.1) is 0 Å². The maximum atomic E-state index is 5.40. The van der Waals surface area contributed by atoms with E-state index in [4.69, 9.17) is 4.74 Å². The molecule has 0 saturated carbocycles. The molecule has 0 unspecified atom stereocenters. The van der Waals surface area contributed by atoms with Gasteiger partial charge in [0.05, 0.1) is 0 Å². The Morgan fingerprint density at radius 2 is 1.94 bits per heavy atom. The van der Waals surface area contributed by atoms with E-state index in [1.54, 1.807) is 0 Å². The highest BCUT2D eigenvalue weighted by Crippen LogP contribution is 2.23. The second-order valence-corrected chi connectivity index (χ2v) is 6.02. The largest absolute Gasteiger partial charge is 0.382 e. The summed E-state index contributed by atoms with van der Waals surface area (Å²) in [5, 5.41) is 3.61. The summed E-state index contributed by atoms with van der Waals surface area (Å²) in [5.74, 6) is 0. The molecular formula is C13H28N2O. The first kappa shape index (κ1) is 13.9. The molecule has 1 aliphatic heterocycles. The third-order valence-electron chi connectivity index (χ3n) is 3.36. The molecule has 0 amide bonds. The Labute approximate surface area is 101 Å². The molecule has 3 heteroatoms. The van der Waals surface area contributed by atoms with Gasteiger partial charge in [0.25, 0.3) is 0 Å². The summed E-state index contributed by atoms with van der Waals surface area (Å²) in [7, 11) is 0. The fraction of sp³-hybridized carbons (Fsp3) is 1.00. The van der Waals surface area contributed by atoms with E-state index in [0.717, 1.165) is 39.3 Å². The number of ether oxygens (including phenoxy) is 1. The van der Waals surface area contributed by atoms with Gasteiger partial charge in [0.1, 0.15) is 0 Å². The minimum Gasteiger partial charge on any atom is -0.382 e. The van der Waals surface area contributed by atoms with Crippen LogP contribution in [-0.4, -0.2) is 48.8 Å². The van der Waals surface area contributed by atoms with Crippen molar-refractivity contribution in [2.45, 2.75) is 52.1 Å². The van der Waals surface area contributed by atoms with Gasteiger partial charge in [-0.1, -0.05) is 0 Å². The summed E-state index contributed by atoms with van der Waals surface area (Å²) in [6.07, 6.45) is 1.13. The zero-order valence-corrected chi connectivity index (χ0v) is 11.6. The number of hydrogen-bond acceptors (Lipinski definition) is 3. The average molecular weight is 228 g/mol. The van der Waals surface area contributed by atoms with E-state index in [-0.39, 0.29) is 11.1 Å². The van der Waals surface area contributed by atoms with Crippen LogP contribution in [0.15, 0.2) is 0 Å². The average Bonchev–Trinajstić information content (AvgIpc) is 2.18. The maximum absolute atomic E-state index is 5.40. The van der Waals surface area contributed by atoms with Crippen LogP contribution >= 0.6 is 0 Å². The van der Waals surface area contributed by atoms with Crippen molar-refractivity contribution in [1.82, 2.24) is 10.2 Å². The molecule has 1 rings (SSSR count). The highest BCUT2D eigenvalue weighted by Gasteiger charge is 2.36. The zero-order chi connectivity index (χ0) is 12.2. The fourth-order valence-electron chi connectivity index (χ4n) is 2.20. The van der Waals surface area contributed by atoms with Gasteiger partial charge in [0.15, 0.2) is 0 Å². The Balaban J connectivity index is 2.41. The van der Waals surface area contributed by atoms with Crippen molar-refractivity contribution in [2.24, 2.45) is 0 Å². The molecule has 16 heavy (non-hydrogen) atoms. The van der Waals surface area contributed by atoms with Gasteiger partial charge in [-0.05, 0) is 41.0 Å². The molecule has 1 N–H and O–H groups in total. The van der Waals surface area contributed by atoms with Gasteiger partial charge < -0.3 is 10.1 Å². The van der Waals surface area contributed by atoms with E-state index in [2.05, 4.69) is 44.8 Å². The van der Waals surface area contributed by atoms with Crippen LogP contribution in [0.1, 0.15) is 41.0 Å². The summed E-state index contributed by atoms with van der Waals surface area (Å²) in [5.41, 5.74) is 0.503. The Morgan fingerprint density at radius 1 is 1.25 bits per heavy atom. The van der Waals surface area contributed by atoms with E-state index in [1.807, 2.05) is 0 Å². The smallest absolute Gasteiger partial charge is 0.0478 e. The first-order valence-corrected chi connectivity index (χ1v) is 6.45. The number of nitrogens with zero attached hydrogens (tertiary/aromatic N) is 1. The first-order valence-electron chi connectivity index (χ1n) is 6.45. The van der Waals surface area contributed by atoms with Crippen molar-refractivity contribution >= 4 is 0 Å². The van der Waals surface area contributed by atoms with E-state index in [0.29, 0.717) is 0 Å². The van der Waals surface area contributed by atoms with Crippen LogP contribution < -0.4 is 5.32 Å². The van der Waals surface area contributed by atoms with Gasteiger partial charge in [-0.3, -0.25) is 4.90 Å². The van der Waals surface area contributed by atoms with Crippen LogP contribution in [-0.2, 0) is 4.74 Å². The number of nitrogens with one attached hydrogen (secondary N) is 1. The fourth-order valence-corrected chi connectivity index (χ4v) is 2.20. The Kier molecular flexibility index (Phi) is 4.77. The summed E-state index contributed by atoms with van der Waals surface area (Å²) in [6, 6.07) is 0. The molecule has 0 aromatic rings. The lowest BCUT2D eigenvalue weighted by molar-refractivity contribution is 0.0297. The Morgan fingerprint density at radius 3 is 2.56 bits per heavy atom. The monoisotopic (exact) mass is 228 g/mol. The summed E-state index contributed by atoms with van der Waals surface area (Å²) >= 11 is 0. The normalized spacial score (nSPS) is 24.6. The van der Waals surface area contributed by atoms with E-state index >= 15 is 0 Å². The van der Waals surface area contributed by atoms with Gasteiger partial charge in [0, 0.05) is 43.9 Å². The lowest BCUT2D eigenvalue weighted by atomic mass is 9.91. The van der Waals surface area contributed by atoms with Crippen molar-refractivity contribution in [1.29, 1.82) is 0 Å². The molecule has 0 radical (unpaired) electrons. The predicted molar refractivity (Wildman–Crippen MR) is 68.8 cm³/mol. The highest BCUT2D eigenvalue weighted by molar-refractivity contribution is 4.97. The van der Waals surface area contributed by atoms with Crippen molar-refractivity contribution in [3.63, 3.8) is 0 Å².